The Balaban J connectivity index is 2.06. The van der Waals surface area contributed by atoms with Crippen molar-refractivity contribution in [1.29, 1.82) is 10.5 Å². The van der Waals surface area contributed by atoms with Crippen LogP contribution in [0.15, 0.2) is 53.6 Å². The molecule has 0 spiro atoms. The first-order valence-electron chi connectivity index (χ1n) is 9.37. The zero-order valence-electron chi connectivity index (χ0n) is 16.7. The minimum Gasteiger partial charge on any atom is -0.383 e. The van der Waals surface area contributed by atoms with Crippen molar-refractivity contribution >= 4 is 17.6 Å². The van der Waals surface area contributed by atoms with Gasteiger partial charge in [0.2, 0.25) is 0 Å². The largest absolute Gasteiger partial charge is 0.383 e. The van der Waals surface area contributed by atoms with Crippen LogP contribution in [0.4, 0.5) is 5.82 Å². The average molecular weight is 399 g/mol. The van der Waals surface area contributed by atoms with Gasteiger partial charge in [0.25, 0.3) is 0 Å². The van der Waals surface area contributed by atoms with Crippen molar-refractivity contribution in [2.45, 2.75) is 37.5 Å². The maximum Gasteiger partial charge on any atom is 0.143 e. The summed E-state index contributed by atoms with van der Waals surface area (Å²) in [7, 11) is 0. The molecule has 0 saturated carbocycles. The van der Waals surface area contributed by atoms with Gasteiger partial charge in [-0.25, -0.2) is 4.98 Å². The molecule has 0 aliphatic carbocycles. The van der Waals surface area contributed by atoms with Gasteiger partial charge in [-0.2, -0.15) is 10.5 Å². The van der Waals surface area contributed by atoms with Crippen molar-refractivity contribution in [1.82, 2.24) is 4.98 Å². The average Bonchev–Trinajstić information content (AvgIpc) is 2.72. The normalized spacial score (nSPS) is 10.6. The lowest BCUT2D eigenvalue weighted by Crippen LogP contribution is -2.03. The fourth-order valence-electron chi connectivity index (χ4n) is 3.06. The minimum atomic E-state index is 0.154. The zero-order chi connectivity index (χ0) is 21.0. The highest BCUT2D eigenvalue weighted by Gasteiger charge is 2.20. The Labute approximate surface area is 176 Å². The first kappa shape index (κ1) is 20.5. The third kappa shape index (κ3) is 4.42. The fraction of sp³-hybridized carbons (Fsp3) is 0.208. The summed E-state index contributed by atoms with van der Waals surface area (Å²) in [6, 6.07) is 20.6. The maximum absolute atomic E-state index is 9.89. The Bertz CT molecular complexity index is 1100. The fourth-order valence-corrected chi connectivity index (χ4v) is 4.01. The van der Waals surface area contributed by atoms with Gasteiger partial charge in [-0.1, -0.05) is 67.9 Å². The van der Waals surface area contributed by atoms with Gasteiger partial charge in [0.15, 0.2) is 0 Å². The molecule has 0 amide bonds. The third-order valence-corrected chi connectivity index (χ3v) is 5.82. The van der Waals surface area contributed by atoms with E-state index < -0.39 is 0 Å². The van der Waals surface area contributed by atoms with E-state index in [1.165, 1.54) is 22.9 Å². The predicted octanol–water partition coefficient (Wildman–Crippen LogP) is 5.80. The number of nitrogens with two attached hydrogens (primary N) is 1. The SMILES string of the molecule is Cc1ccc(CSc2nc(N)c(C#N)c(-c3ccc(C(C)C)cc3)c2C#N)cc1. The van der Waals surface area contributed by atoms with Crippen LogP contribution < -0.4 is 5.73 Å². The van der Waals surface area contributed by atoms with Crippen molar-refractivity contribution in [2.75, 3.05) is 5.73 Å². The second kappa shape index (κ2) is 8.82. The lowest BCUT2D eigenvalue weighted by Gasteiger charge is -2.14. The molecule has 2 N–H and O–H groups in total. The summed E-state index contributed by atoms with van der Waals surface area (Å²) in [5, 5.41) is 20.1. The zero-order valence-corrected chi connectivity index (χ0v) is 17.5. The molecule has 0 saturated heterocycles. The number of benzene rings is 2. The Morgan fingerprint density at radius 1 is 0.966 bits per heavy atom. The summed E-state index contributed by atoms with van der Waals surface area (Å²) in [4.78, 5) is 4.38. The molecule has 29 heavy (non-hydrogen) atoms. The monoisotopic (exact) mass is 398 g/mol. The van der Waals surface area contributed by atoms with Crippen molar-refractivity contribution < 1.29 is 0 Å². The van der Waals surface area contributed by atoms with Crippen LogP contribution in [-0.4, -0.2) is 4.98 Å². The van der Waals surface area contributed by atoms with Crippen LogP contribution in [0.25, 0.3) is 11.1 Å². The van der Waals surface area contributed by atoms with E-state index in [4.69, 9.17) is 5.73 Å². The Kier molecular flexibility index (Phi) is 6.22. The summed E-state index contributed by atoms with van der Waals surface area (Å²) in [5.41, 5.74) is 11.6. The van der Waals surface area contributed by atoms with E-state index in [1.807, 2.05) is 31.2 Å². The number of hydrogen-bond acceptors (Lipinski definition) is 5. The molecular formula is C24H22N4S. The Morgan fingerprint density at radius 2 is 1.59 bits per heavy atom. The van der Waals surface area contributed by atoms with E-state index in [1.54, 1.807) is 0 Å². The van der Waals surface area contributed by atoms with Crippen molar-refractivity contribution in [2.24, 2.45) is 0 Å². The maximum atomic E-state index is 9.89. The van der Waals surface area contributed by atoms with Crippen LogP contribution in [0.5, 0.6) is 0 Å². The van der Waals surface area contributed by atoms with Crippen molar-refractivity contribution in [3.63, 3.8) is 0 Å². The second-order valence-electron chi connectivity index (χ2n) is 7.20. The van der Waals surface area contributed by atoms with Gasteiger partial charge in [0.05, 0.1) is 5.56 Å². The molecular weight excluding hydrogens is 376 g/mol. The first-order valence-corrected chi connectivity index (χ1v) is 10.4. The molecule has 2 aromatic carbocycles. The van der Waals surface area contributed by atoms with E-state index in [0.717, 1.165) is 11.1 Å². The lowest BCUT2D eigenvalue weighted by molar-refractivity contribution is 0.867. The summed E-state index contributed by atoms with van der Waals surface area (Å²) in [6.45, 7) is 6.30. The van der Waals surface area contributed by atoms with Gasteiger partial charge in [-0.3, -0.25) is 0 Å². The predicted molar refractivity (Wildman–Crippen MR) is 118 cm³/mol. The number of nitriles is 2. The Morgan fingerprint density at radius 3 is 2.14 bits per heavy atom. The number of rotatable bonds is 5. The van der Waals surface area contributed by atoms with Gasteiger partial charge in [0, 0.05) is 11.3 Å². The number of anilines is 1. The molecule has 5 heteroatoms. The smallest absolute Gasteiger partial charge is 0.143 e. The number of thioether (sulfide) groups is 1. The molecule has 0 bridgehead atoms. The molecule has 3 aromatic rings. The molecule has 1 heterocycles. The third-order valence-electron chi connectivity index (χ3n) is 4.78. The van der Waals surface area contributed by atoms with E-state index in [9.17, 15) is 10.5 Å². The highest BCUT2D eigenvalue weighted by Crippen LogP contribution is 2.37. The van der Waals surface area contributed by atoms with Crippen LogP contribution in [0, 0.1) is 29.6 Å². The van der Waals surface area contributed by atoms with Gasteiger partial charge in [-0.15, -0.1) is 11.8 Å². The molecule has 0 atom stereocenters. The molecule has 3 rings (SSSR count). The topological polar surface area (TPSA) is 86.5 Å². The van der Waals surface area contributed by atoms with Crippen LogP contribution in [0.3, 0.4) is 0 Å². The van der Waals surface area contributed by atoms with Crippen LogP contribution in [0.1, 0.15) is 47.6 Å². The van der Waals surface area contributed by atoms with Crippen molar-refractivity contribution in [3.05, 3.63) is 76.3 Å². The quantitative estimate of drug-likeness (QED) is 0.549. The van der Waals surface area contributed by atoms with Crippen LogP contribution in [0.2, 0.25) is 0 Å². The number of aromatic nitrogens is 1. The number of nitrogens with zero attached hydrogens (tertiary/aromatic N) is 3. The molecule has 0 aliphatic rings. The summed E-state index contributed by atoms with van der Waals surface area (Å²) in [5.74, 6) is 1.22. The number of pyridine rings is 1. The van der Waals surface area contributed by atoms with Crippen LogP contribution in [-0.2, 0) is 5.75 Å². The second-order valence-corrected chi connectivity index (χ2v) is 8.17. The lowest BCUT2D eigenvalue weighted by atomic mass is 9.94. The summed E-state index contributed by atoms with van der Waals surface area (Å²) in [6.07, 6.45) is 0. The standard InChI is InChI=1S/C24H22N4S/c1-15(2)18-8-10-19(11-9-18)22-20(12-25)23(27)28-24(21(22)13-26)29-14-17-6-4-16(3)5-7-17/h4-11,15H,14H2,1-3H3,(H2,27,28). The molecule has 0 fully saturated rings. The molecule has 0 aliphatic heterocycles. The number of nitrogen functional groups attached to an aromatic ring is 1. The Hall–Kier alpha value is -3.28. The molecule has 0 radical (unpaired) electrons. The minimum absolute atomic E-state index is 0.154. The van der Waals surface area contributed by atoms with E-state index >= 15 is 0 Å². The van der Waals surface area contributed by atoms with Crippen molar-refractivity contribution in [3.8, 4) is 23.3 Å². The van der Waals surface area contributed by atoms with Crippen LogP contribution >= 0.6 is 11.8 Å². The molecule has 4 nitrogen and oxygen atoms in total. The molecule has 1 aromatic heterocycles. The van der Waals surface area contributed by atoms with E-state index in [-0.39, 0.29) is 11.4 Å². The molecule has 0 unspecified atom stereocenters. The van der Waals surface area contributed by atoms with Gasteiger partial charge < -0.3 is 5.73 Å². The van der Waals surface area contributed by atoms with E-state index in [0.29, 0.717) is 27.8 Å². The number of aryl methyl sites for hydroxylation is 1. The van der Waals surface area contributed by atoms with Gasteiger partial charge in [0.1, 0.15) is 28.5 Å². The summed E-state index contributed by atoms with van der Waals surface area (Å²) >= 11 is 1.46. The molecule has 144 valence electrons. The highest BCUT2D eigenvalue weighted by molar-refractivity contribution is 7.98. The van der Waals surface area contributed by atoms with Gasteiger partial charge in [-0.05, 0) is 29.5 Å². The van der Waals surface area contributed by atoms with E-state index in [2.05, 4.69) is 55.2 Å². The summed E-state index contributed by atoms with van der Waals surface area (Å²) < 4.78 is 0. The van der Waals surface area contributed by atoms with Gasteiger partial charge >= 0.3 is 0 Å². The highest BCUT2D eigenvalue weighted by atomic mass is 32.2. The number of hydrogen-bond donors (Lipinski definition) is 1. The first-order chi connectivity index (χ1) is 13.9.